The molecular weight excluding hydrogens is 280 g/mol. The lowest BCUT2D eigenvalue weighted by Crippen LogP contribution is -2.41. The molecule has 6 nitrogen and oxygen atoms in total. The maximum Gasteiger partial charge on any atom is 0.324 e. The number of nitrogen functional groups attached to an aromatic ring is 1. The van der Waals surface area contributed by atoms with E-state index in [4.69, 9.17) is 5.73 Å². The third kappa shape index (κ3) is 2.64. The van der Waals surface area contributed by atoms with Gasteiger partial charge in [-0.05, 0) is 43.5 Å². The number of carbonyl (C=O) groups is 1. The van der Waals surface area contributed by atoms with Crippen molar-refractivity contribution in [2.24, 2.45) is 0 Å². The molecule has 2 N–H and O–H groups in total. The number of rotatable bonds is 3. The van der Waals surface area contributed by atoms with Gasteiger partial charge >= 0.3 is 5.97 Å². The molecule has 110 valence electrons. The maximum absolute atomic E-state index is 12.6. The van der Waals surface area contributed by atoms with Crippen LogP contribution in [0, 0.1) is 6.92 Å². The first-order chi connectivity index (χ1) is 9.36. The van der Waals surface area contributed by atoms with Crippen LogP contribution in [0.15, 0.2) is 23.1 Å². The molecule has 2 rings (SSSR count). The molecule has 0 bridgehead atoms. The van der Waals surface area contributed by atoms with Crippen LogP contribution in [0.1, 0.15) is 18.4 Å². The van der Waals surface area contributed by atoms with Crippen LogP contribution in [0.3, 0.4) is 0 Å². The summed E-state index contributed by atoms with van der Waals surface area (Å²) in [5.74, 6) is -0.522. The van der Waals surface area contributed by atoms with E-state index < -0.39 is 22.0 Å². The van der Waals surface area contributed by atoms with Crippen molar-refractivity contribution in [2.45, 2.75) is 30.7 Å². The zero-order valence-corrected chi connectivity index (χ0v) is 12.3. The zero-order chi connectivity index (χ0) is 14.9. The third-order valence-electron chi connectivity index (χ3n) is 3.36. The molecule has 1 saturated heterocycles. The number of esters is 1. The number of nitrogens with two attached hydrogens (primary N) is 1. The average Bonchev–Trinajstić information content (AvgIpc) is 2.86. The topological polar surface area (TPSA) is 89.7 Å². The minimum atomic E-state index is -3.74. The Labute approximate surface area is 118 Å². The van der Waals surface area contributed by atoms with Gasteiger partial charge in [-0.1, -0.05) is 0 Å². The molecule has 0 amide bonds. The van der Waals surface area contributed by atoms with Gasteiger partial charge in [-0.15, -0.1) is 0 Å². The number of hydrogen-bond donors (Lipinski definition) is 1. The van der Waals surface area contributed by atoms with E-state index in [0.717, 1.165) is 5.56 Å². The van der Waals surface area contributed by atoms with E-state index in [0.29, 0.717) is 25.1 Å². The predicted octanol–water partition coefficient (Wildman–Crippen LogP) is 0.903. The molecule has 1 atom stereocenters. The summed E-state index contributed by atoms with van der Waals surface area (Å²) in [5.41, 5.74) is 6.85. The van der Waals surface area contributed by atoms with Crippen molar-refractivity contribution in [1.82, 2.24) is 4.31 Å². The summed E-state index contributed by atoms with van der Waals surface area (Å²) in [6.07, 6.45) is 1.12. The first-order valence-corrected chi connectivity index (χ1v) is 7.77. The number of anilines is 1. The summed E-state index contributed by atoms with van der Waals surface area (Å²) in [7, 11) is -2.48. The normalized spacial score (nSPS) is 20.0. The standard InChI is InChI=1S/C13H18N2O4S/c1-9-6-10(14)8-11(7-9)20(17,18)15-5-3-4-12(15)13(16)19-2/h6-8,12H,3-5,14H2,1-2H3. The fourth-order valence-electron chi connectivity index (χ4n) is 2.46. The summed E-state index contributed by atoms with van der Waals surface area (Å²) >= 11 is 0. The third-order valence-corrected chi connectivity index (χ3v) is 5.24. The molecule has 1 fully saturated rings. The van der Waals surface area contributed by atoms with E-state index >= 15 is 0 Å². The molecule has 1 aliphatic rings. The van der Waals surface area contributed by atoms with E-state index in [-0.39, 0.29) is 4.90 Å². The van der Waals surface area contributed by atoms with E-state index in [1.54, 1.807) is 19.1 Å². The molecule has 7 heteroatoms. The van der Waals surface area contributed by atoms with Crippen molar-refractivity contribution in [3.8, 4) is 0 Å². The molecule has 1 aliphatic heterocycles. The lowest BCUT2D eigenvalue weighted by molar-refractivity contribution is -0.144. The lowest BCUT2D eigenvalue weighted by atomic mass is 10.2. The Kier molecular flexibility index (Phi) is 4.01. The summed E-state index contributed by atoms with van der Waals surface area (Å²) in [6, 6.07) is 3.92. The molecule has 1 aromatic rings. The number of ether oxygens (including phenoxy) is 1. The highest BCUT2D eigenvalue weighted by atomic mass is 32.2. The van der Waals surface area contributed by atoms with Gasteiger partial charge in [0.05, 0.1) is 12.0 Å². The number of aryl methyl sites for hydroxylation is 1. The molecule has 0 saturated carbocycles. The number of methoxy groups -OCH3 is 1. The summed E-state index contributed by atoms with van der Waals surface area (Å²) < 4.78 is 31.1. The SMILES string of the molecule is COC(=O)C1CCCN1S(=O)(=O)c1cc(C)cc(N)c1. The first-order valence-electron chi connectivity index (χ1n) is 6.33. The van der Waals surface area contributed by atoms with Crippen LogP contribution in [0.5, 0.6) is 0 Å². The second kappa shape index (κ2) is 5.41. The zero-order valence-electron chi connectivity index (χ0n) is 11.5. The Balaban J connectivity index is 2.41. The van der Waals surface area contributed by atoms with Gasteiger partial charge in [0.2, 0.25) is 10.0 Å². The van der Waals surface area contributed by atoms with Gasteiger partial charge < -0.3 is 10.5 Å². The number of carbonyl (C=O) groups excluding carboxylic acids is 1. The van der Waals surface area contributed by atoms with Gasteiger partial charge in [-0.3, -0.25) is 4.79 Å². The van der Waals surface area contributed by atoms with Gasteiger partial charge in [0.25, 0.3) is 0 Å². The number of nitrogens with zero attached hydrogens (tertiary/aromatic N) is 1. The Bertz CT molecular complexity index is 607. The molecule has 0 radical (unpaired) electrons. The van der Waals surface area contributed by atoms with Crippen LogP contribution >= 0.6 is 0 Å². The molecule has 1 aromatic carbocycles. The highest BCUT2D eigenvalue weighted by molar-refractivity contribution is 7.89. The van der Waals surface area contributed by atoms with Gasteiger partial charge in [0.15, 0.2) is 0 Å². The summed E-state index contributed by atoms with van der Waals surface area (Å²) in [6.45, 7) is 2.09. The second-order valence-corrected chi connectivity index (χ2v) is 6.77. The van der Waals surface area contributed by atoms with Crippen LogP contribution in [0.25, 0.3) is 0 Å². The van der Waals surface area contributed by atoms with Gasteiger partial charge in [-0.25, -0.2) is 8.42 Å². The number of sulfonamides is 1. The monoisotopic (exact) mass is 298 g/mol. The van der Waals surface area contributed by atoms with E-state index in [2.05, 4.69) is 4.74 Å². The molecule has 0 aromatic heterocycles. The van der Waals surface area contributed by atoms with Crippen molar-refractivity contribution in [1.29, 1.82) is 0 Å². The number of hydrogen-bond acceptors (Lipinski definition) is 5. The second-order valence-electron chi connectivity index (χ2n) is 4.88. The van der Waals surface area contributed by atoms with Crippen molar-refractivity contribution < 1.29 is 17.9 Å². The van der Waals surface area contributed by atoms with Gasteiger partial charge in [0, 0.05) is 12.2 Å². The minimum Gasteiger partial charge on any atom is -0.468 e. The maximum atomic E-state index is 12.6. The molecule has 1 heterocycles. The fraction of sp³-hybridized carbons (Fsp3) is 0.462. The lowest BCUT2D eigenvalue weighted by Gasteiger charge is -2.22. The highest BCUT2D eigenvalue weighted by Crippen LogP contribution is 2.28. The Morgan fingerprint density at radius 3 is 2.70 bits per heavy atom. The van der Waals surface area contributed by atoms with E-state index in [1.165, 1.54) is 17.5 Å². The predicted molar refractivity (Wildman–Crippen MR) is 74.5 cm³/mol. The minimum absolute atomic E-state index is 0.116. The Morgan fingerprint density at radius 2 is 2.10 bits per heavy atom. The molecule has 1 unspecified atom stereocenters. The summed E-state index contributed by atoms with van der Waals surface area (Å²) in [4.78, 5) is 11.8. The largest absolute Gasteiger partial charge is 0.468 e. The van der Waals surface area contributed by atoms with E-state index in [1.807, 2.05) is 0 Å². The van der Waals surface area contributed by atoms with Gasteiger partial charge in [-0.2, -0.15) is 4.31 Å². The molecular formula is C13H18N2O4S. The highest BCUT2D eigenvalue weighted by Gasteiger charge is 2.40. The smallest absolute Gasteiger partial charge is 0.324 e. The van der Waals surface area contributed by atoms with Crippen LogP contribution in [-0.2, 0) is 19.6 Å². The molecule has 20 heavy (non-hydrogen) atoms. The van der Waals surface area contributed by atoms with Crippen LogP contribution in [-0.4, -0.2) is 38.4 Å². The fourth-order valence-corrected chi connectivity index (χ4v) is 4.25. The van der Waals surface area contributed by atoms with E-state index in [9.17, 15) is 13.2 Å². The first kappa shape index (κ1) is 14.8. The Hall–Kier alpha value is -1.60. The van der Waals surface area contributed by atoms with Crippen molar-refractivity contribution >= 4 is 21.7 Å². The quantitative estimate of drug-likeness (QED) is 0.661. The van der Waals surface area contributed by atoms with Crippen molar-refractivity contribution in [3.63, 3.8) is 0 Å². The van der Waals surface area contributed by atoms with Crippen LogP contribution < -0.4 is 5.73 Å². The van der Waals surface area contributed by atoms with Crippen LogP contribution in [0.4, 0.5) is 5.69 Å². The Morgan fingerprint density at radius 1 is 1.40 bits per heavy atom. The van der Waals surface area contributed by atoms with Crippen molar-refractivity contribution in [2.75, 3.05) is 19.4 Å². The van der Waals surface area contributed by atoms with Gasteiger partial charge in [0.1, 0.15) is 6.04 Å². The molecule has 0 aliphatic carbocycles. The van der Waals surface area contributed by atoms with Crippen molar-refractivity contribution in [3.05, 3.63) is 23.8 Å². The molecule has 0 spiro atoms. The average molecular weight is 298 g/mol. The van der Waals surface area contributed by atoms with Crippen LogP contribution in [0.2, 0.25) is 0 Å². The summed E-state index contributed by atoms with van der Waals surface area (Å²) in [5, 5.41) is 0. The number of benzene rings is 1.